The average molecular weight is 273 g/mol. The molecule has 1 aromatic heterocycles. The molecule has 20 heavy (non-hydrogen) atoms. The molecule has 1 amide bonds. The van der Waals surface area contributed by atoms with Crippen molar-refractivity contribution in [3.63, 3.8) is 0 Å². The van der Waals surface area contributed by atoms with Crippen LogP contribution < -0.4 is 0 Å². The summed E-state index contributed by atoms with van der Waals surface area (Å²) in [4.78, 5) is 14.4. The van der Waals surface area contributed by atoms with Crippen LogP contribution in [0.4, 0.5) is 0 Å². The summed E-state index contributed by atoms with van der Waals surface area (Å²) < 4.78 is 18.0. The fourth-order valence-electron chi connectivity index (χ4n) is 2.26. The Kier molecular flexibility index (Phi) is 3.19. The smallest absolute Gasteiger partial charge is 0.259 e. The molecule has 104 valence electrons. The van der Waals surface area contributed by atoms with Crippen LogP contribution in [0.5, 0.6) is 0 Å². The van der Waals surface area contributed by atoms with Gasteiger partial charge in [0.05, 0.1) is 13.2 Å². The van der Waals surface area contributed by atoms with E-state index in [1.807, 2.05) is 30.3 Å². The second-order valence-electron chi connectivity index (χ2n) is 4.60. The van der Waals surface area contributed by atoms with E-state index in [2.05, 4.69) is 5.16 Å². The van der Waals surface area contributed by atoms with Gasteiger partial charge in [0.2, 0.25) is 0 Å². The number of hydrogen-bond acceptors (Lipinski definition) is 4. The summed E-state index contributed by atoms with van der Waals surface area (Å²) in [7, 11) is 0. The lowest BCUT2D eigenvalue weighted by atomic mass is 10.1. The molecule has 0 bridgehead atoms. The second-order valence-corrected chi connectivity index (χ2v) is 4.60. The van der Waals surface area contributed by atoms with E-state index in [1.54, 1.807) is 4.90 Å². The monoisotopic (exact) mass is 273 g/mol. The lowest BCUT2D eigenvalue weighted by Crippen LogP contribution is -2.41. The molecule has 1 saturated heterocycles. The Balaban J connectivity index is 1.99. The predicted octanol–water partition coefficient (Wildman–Crippen LogP) is 2.12. The van der Waals surface area contributed by atoms with E-state index in [9.17, 15) is 4.79 Å². The molecule has 2 aromatic rings. The van der Waals surface area contributed by atoms with Gasteiger partial charge in [0.25, 0.3) is 5.91 Å². The Morgan fingerprint density at radius 1 is 1.30 bits per heavy atom. The number of nitrogens with zero attached hydrogens (tertiary/aromatic N) is 2. The fourth-order valence-corrected chi connectivity index (χ4v) is 2.26. The van der Waals surface area contributed by atoms with E-state index in [0.717, 1.165) is 5.56 Å². The number of ether oxygens (including phenoxy) is 1. The molecule has 1 aliphatic rings. The van der Waals surface area contributed by atoms with Gasteiger partial charge in [-0.05, 0) is 6.90 Å². The number of carbonyl (C=O) groups excluding carboxylic acids is 1. The van der Waals surface area contributed by atoms with Gasteiger partial charge in [0.15, 0.2) is 0 Å². The number of hydrogen-bond donors (Lipinski definition) is 0. The third-order valence-corrected chi connectivity index (χ3v) is 3.32. The molecule has 0 aliphatic carbocycles. The molecule has 0 spiro atoms. The molecular formula is C15H16N2O3. The molecule has 0 unspecified atom stereocenters. The van der Waals surface area contributed by atoms with Gasteiger partial charge in [-0.25, -0.2) is 0 Å². The van der Waals surface area contributed by atoms with Crippen LogP contribution in [0.25, 0.3) is 11.3 Å². The van der Waals surface area contributed by atoms with E-state index in [0.29, 0.717) is 43.3 Å². The first-order valence-electron chi connectivity index (χ1n) is 7.22. The van der Waals surface area contributed by atoms with Crippen molar-refractivity contribution in [1.82, 2.24) is 10.1 Å². The van der Waals surface area contributed by atoms with Crippen molar-refractivity contribution < 1.29 is 15.4 Å². The van der Waals surface area contributed by atoms with Crippen molar-refractivity contribution in [2.45, 2.75) is 6.90 Å². The van der Waals surface area contributed by atoms with Crippen molar-refractivity contribution in [3.05, 3.63) is 41.7 Å². The quantitative estimate of drug-likeness (QED) is 0.841. The Morgan fingerprint density at radius 3 is 2.75 bits per heavy atom. The zero-order valence-corrected chi connectivity index (χ0v) is 11.0. The minimum absolute atomic E-state index is 0.106. The maximum Gasteiger partial charge on any atom is 0.259 e. The normalized spacial score (nSPS) is 16.0. The Hall–Kier alpha value is -2.14. The van der Waals surface area contributed by atoms with Crippen LogP contribution in [0.3, 0.4) is 0 Å². The topological polar surface area (TPSA) is 55.6 Å². The van der Waals surface area contributed by atoms with Gasteiger partial charge in [-0.1, -0.05) is 35.5 Å². The van der Waals surface area contributed by atoms with E-state index >= 15 is 0 Å². The number of amides is 1. The molecule has 0 radical (unpaired) electrons. The minimum atomic E-state index is -0.138. The van der Waals surface area contributed by atoms with Crippen LogP contribution in [0.1, 0.15) is 17.5 Å². The highest BCUT2D eigenvalue weighted by atomic mass is 16.5. The zero-order chi connectivity index (χ0) is 14.7. The van der Waals surface area contributed by atoms with Crippen molar-refractivity contribution in [1.29, 1.82) is 0 Å². The van der Waals surface area contributed by atoms with E-state index in [4.69, 9.17) is 10.6 Å². The highest BCUT2D eigenvalue weighted by Gasteiger charge is 2.26. The van der Waals surface area contributed by atoms with Gasteiger partial charge < -0.3 is 14.2 Å². The number of benzene rings is 1. The van der Waals surface area contributed by atoms with Crippen LogP contribution in [0.2, 0.25) is 0 Å². The largest absolute Gasteiger partial charge is 0.378 e. The zero-order valence-electron chi connectivity index (χ0n) is 12.0. The summed E-state index contributed by atoms with van der Waals surface area (Å²) in [6.07, 6.45) is 0. The molecule has 0 N–H and O–H groups in total. The summed E-state index contributed by atoms with van der Waals surface area (Å²) in [6, 6.07) is 9.42. The molecule has 5 heteroatoms. The summed E-state index contributed by atoms with van der Waals surface area (Å²) >= 11 is 0. The van der Waals surface area contributed by atoms with Crippen LogP contribution in [0.15, 0.2) is 34.9 Å². The van der Waals surface area contributed by atoms with Gasteiger partial charge in [-0.3, -0.25) is 4.79 Å². The summed E-state index contributed by atoms with van der Waals surface area (Å²) in [6.45, 7) is 2.07. The van der Waals surface area contributed by atoms with Gasteiger partial charge in [-0.2, -0.15) is 0 Å². The summed E-state index contributed by atoms with van der Waals surface area (Å²) in [5.41, 5.74) is 1.73. The minimum Gasteiger partial charge on any atom is -0.378 e. The SMILES string of the molecule is [2H]Cc1onc(-c2ccccc2)c1C(=O)N1CCOCC1. The van der Waals surface area contributed by atoms with E-state index < -0.39 is 0 Å². The third kappa shape index (κ3) is 2.32. The van der Waals surface area contributed by atoms with Crippen LogP contribution in [0, 0.1) is 6.90 Å². The Labute approximate surface area is 118 Å². The van der Waals surface area contributed by atoms with Gasteiger partial charge in [0, 0.05) is 20.0 Å². The number of rotatable bonds is 2. The highest BCUT2D eigenvalue weighted by Crippen LogP contribution is 2.26. The maximum absolute atomic E-state index is 12.7. The van der Waals surface area contributed by atoms with Gasteiger partial charge >= 0.3 is 0 Å². The molecular weight excluding hydrogens is 256 g/mol. The predicted molar refractivity (Wildman–Crippen MR) is 73.4 cm³/mol. The van der Waals surface area contributed by atoms with Crippen LogP contribution in [-0.4, -0.2) is 42.3 Å². The molecule has 0 saturated carbocycles. The van der Waals surface area contributed by atoms with Crippen LogP contribution in [-0.2, 0) is 4.74 Å². The molecule has 1 fully saturated rings. The molecule has 2 heterocycles. The first kappa shape index (κ1) is 11.7. The molecule has 1 aliphatic heterocycles. The lowest BCUT2D eigenvalue weighted by Gasteiger charge is -2.26. The molecule has 0 atom stereocenters. The first-order chi connectivity index (χ1) is 10.3. The average Bonchev–Trinajstić information content (AvgIpc) is 2.99. The second kappa shape index (κ2) is 5.46. The number of morpholine rings is 1. The van der Waals surface area contributed by atoms with Gasteiger partial charge in [-0.15, -0.1) is 0 Å². The number of aryl methyl sites for hydroxylation is 1. The van der Waals surface area contributed by atoms with E-state index in [1.165, 1.54) is 0 Å². The highest BCUT2D eigenvalue weighted by molar-refractivity contribution is 6.00. The summed E-state index contributed by atoms with van der Waals surface area (Å²) in [5, 5.41) is 4.00. The third-order valence-electron chi connectivity index (χ3n) is 3.32. The van der Waals surface area contributed by atoms with Crippen molar-refractivity contribution in [2.24, 2.45) is 0 Å². The number of aromatic nitrogens is 1. The lowest BCUT2D eigenvalue weighted by molar-refractivity contribution is 0.0302. The van der Waals surface area contributed by atoms with Gasteiger partial charge in [0.1, 0.15) is 17.0 Å². The van der Waals surface area contributed by atoms with Crippen molar-refractivity contribution >= 4 is 5.91 Å². The van der Waals surface area contributed by atoms with Crippen molar-refractivity contribution in [2.75, 3.05) is 26.3 Å². The maximum atomic E-state index is 12.7. The molecule has 5 nitrogen and oxygen atoms in total. The van der Waals surface area contributed by atoms with Crippen LogP contribution >= 0.6 is 0 Å². The van der Waals surface area contributed by atoms with E-state index in [-0.39, 0.29) is 12.8 Å². The summed E-state index contributed by atoms with van der Waals surface area (Å²) in [5.74, 6) is 0.172. The Morgan fingerprint density at radius 2 is 2.05 bits per heavy atom. The Bertz CT molecular complexity index is 621. The fraction of sp³-hybridized carbons (Fsp3) is 0.333. The van der Waals surface area contributed by atoms with Crippen molar-refractivity contribution in [3.8, 4) is 11.3 Å². The first-order valence-corrected chi connectivity index (χ1v) is 6.51. The standard InChI is InChI=1S/C15H16N2O3/c1-11-13(15(18)17-7-9-19-10-8-17)14(16-20-11)12-5-3-2-4-6-12/h2-6H,7-10H2,1H3/i1D. The number of carbonyl (C=O) groups is 1. The molecule has 3 rings (SSSR count). The molecule has 1 aromatic carbocycles.